The summed E-state index contributed by atoms with van der Waals surface area (Å²) in [5.74, 6) is 1.63. The van der Waals surface area contributed by atoms with Crippen molar-refractivity contribution in [2.45, 2.75) is 65.1 Å². The second-order valence-corrected chi connectivity index (χ2v) is 8.33. The Morgan fingerprint density at radius 2 is 2.00 bits per heavy atom. The van der Waals surface area contributed by atoms with Crippen molar-refractivity contribution >= 4 is 5.97 Å². The standard InChI is InChI=1S/C18H34NO3.ClH/c1-13(2)16-8-7-14(3)10-17(16)22-18(21)12-19(4)9-5-6-15(20)11-19;/h13-17,20H,5-12H2,1-4H3;1H/q+1;/p-1. The van der Waals surface area contributed by atoms with Crippen molar-refractivity contribution in [1.29, 1.82) is 0 Å². The van der Waals surface area contributed by atoms with Gasteiger partial charge in [-0.2, -0.15) is 0 Å². The van der Waals surface area contributed by atoms with E-state index in [-0.39, 0.29) is 30.6 Å². The molecule has 1 saturated heterocycles. The van der Waals surface area contributed by atoms with E-state index >= 15 is 0 Å². The first-order valence-electron chi connectivity index (χ1n) is 9.00. The third-order valence-electron chi connectivity index (χ3n) is 5.64. The number of quaternary nitrogens is 1. The van der Waals surface area contributed by atoms with Gasteiger partial charge in [-0.25, -0.2) is 4.79 Å². The highest BCUT2D eigenvalue weighted by Gasteiger charge is 2.37. The Morgan fingerprint density at radius 1 is 1.30 bits per heavy atom. The summed E-state index contributed by atoms with van der Waals surface area (Å²) in [6.45, 7) is 8.75. The van der Waals surface area contributed by atoms with E-state index in [1.165, 1.54) is 12.8 Å². The topological polar surface area (TPSA) is 46.5 Å². The molecule has 1 saturated carbocycles. The molecule has 23 heavy (non-hydrogen) atoms. The van der Waals surface area contributed by atoms with Crippen LogP contribution in [0.25, 0.3) is 0 Å². The normalized spacial score (nSPS) is 38.0. The highest BCUT2D eigenvalue weighted by atomic mass is 35.5. The average Bonchev–Trinajstić information content (AvgIpc) is 2.36. The van der Waals surface area contributed by atoms with Crippen LogP contribution < -0.4 is 12.4 Å². The molecule has 2 aliphatic rings. The van der Waals surface area contributed by atoms with E-state index in [1.54, 1.807) is 0 Å². The average molecular weight is 348 g/mol. The highest BCUT2D eigenvalue weighted by Crippen LogP contribution is 2.35. The second kappa shape index (κ2) is 8.68. The number of piperidine rings is 1. The fraction of sp³-hybridized carbons (Fsp3) is 0.944. The maximum absolute atomic E-state index is 12.4. The molecule has 1 aliphatic carbocycles. The van der Waals surface area contributed by atoms with E-state index in [0.29, 0.717) is 35.3 Å². The Hall–Kier alpha value is -0.320. The van der Waals surface area contributed by atoms with Crippen molar-refractivity contribution in [3.8, 4) is 0 Å². The van der Waals surface area contributed by atoms with Gasteiger partial charge in [0.2, 0.25) is 0 Å². The SMILES string of the molecule is CC1CCC(C(C)C)C(OC(=O)C[N+]2(C)CCCC(O)C2)C1.[Cl-]. The predicted molar refractivity (Wildman–Crippen MR) is 87.2 cm³/mol. The van der Waals surface area contributed by atoms with Gasteiger partial charge >= 0.3 is 5.97 Å². The first kappa shape index (κ1) is 20.7. The molecule has 0 radical (unpaired) electrons. The van der Waals surface area contributed by atoms with E-state index < -0.39 is 0 Å². The summed E-state index contributed by atoms with van der Waals surface area (Å²) in [4.78, 5) is 12.4. The molecule has 5 unspecified atom stereocenters. The summed E-state index contributed by atoms with van der Waals surface area (Å²) in [5.41, 5.74) is 0. The molecule has 0 amide bonds. The molecule has 1 heterocycles. The number of nitrogens with zero attached hydrogens (tertiary/aromatic N) is 1. The molecule has 2 fully saturated rings. The second-order valence-electron chi connectivity index (χ2n) is 8.33. The Kier molecular flexibility index (Phi) is 7.82. The minimum atomic E-state index is -0.273. The lowest BCUT2D eigenvalue weighted by atomic mass is 9.75. The van der Waals surface area contributed by atoms with Crippen LogP contribution in [0.5, 0.6) is 0 Å². The van der Waals surface area contributed by atoms with Crippen LogP contribution in [0.1, 0.15) is 52.9 Å². The van der Waals surface area contributed by atoms with Gasteiger partial charge in [-0.1, -0.05) is 27.2 Å². The fourth-order valence-corrected chi connectivity index (χ4v) is 4.31. The lowest BCUT2D eigenvalue weighted by Crippen LogP contribution is -3.00. The largest absolute Gasteiger partial charge is 1.00 e. The van der Waals surface area contributed by atoms with Crippen molar-refractivity contribution < 1.29 is 31.5 Å². The molecule has 0 aromatic rings. The minimum absolute atomic E-state index is 0. The van der Waals surface area contributed by atoms with Crippen LogP contribution in [0.15, 0.2) is 0 Å². The van der Waals surface area contributed by atoms with Crippen LogP contribution in [0, 0.1) is 17.8 Å². The third kappa shape index (κ3) is 5.91. The lowest BCUT2D eigenvalue weighted by Gasteiger charge is -2.40. The van der Waals surface area contributed by atoms with E-state index in [9.17, 15) is 9.90 Å². The smallest absolute Gasteiger partial charge is 0.362 e. The van der Waals surface area contributed by atoms with Crippen LogP contribution in [0.4, 0.5) is 0 Å². The molecule has 0 aromatic heterocycles. The zero-order chi connectivity index (χ0) is 16.3. The number of rotatable bonds is 4. The maximum Gasteiger partial charge on any atom is 0.362 e. The first-order valence-corrected chi connectivity index (χ1v) is 9.00. The van der Waals surface area contributed by atoms with Gasteiger partial charge in [0, 0.05) is 0 Å². The molecule has 1 aliphatic heterocycles. The van der Waals surface area contributed by atoms with Gasteiger partial charge in [-0.15, -0.1) is 0 Å². The van der Waals surface area contributed by atoms with Gasteiger partial charge in [0.05, 0.1) is 13.6 Å². The van der Waals surface area contributed by atoms with Gasteiger partial charge in [0.15, 0.2) is 6.54 Å². The van der Waals surface area contributed by atoms with Crippen LogP contribution in [-0.4, -0.2) is 54.4 Å². The quantitative estimate of drug-likeness (QED) is 0.556. The van der Waals surface area contributed by atoms with Crippen molar-refractivity contribution in [3.05, 3.63) is 0 Å². The first-order chi connectivity index (χ1) is 10.3. The fourth-order valence-electron chi connectivity index (χ4n) is 4.31. The van der Waals surface area contributed by atoms with E-state index in [1.807, 2.05) is 0 Å². The number of likely N-dealkylation sites (N-methyl/N-ethyl adjacent to an activating group) is 1. The third-order valence-corrected chi connectivity index (χ3v) is 5.64. The summed E-state index contributed by atoms with van der Waals surface area (Å²) < 4.78 is 6.52. The number of halogens is 1. The van der Waals surface area contributed by atoms with Crippen molar-refractivity contribution in [3.63, 3.8) is 0 Å². The number of likely N-dealkylation sites (tertiary alicyclic amines) is 1. The Bertz CT molecular complexity index is 390. The number of hydrogen-bond donors (Lipinski definition) is 1. The van der Waals surface area contributed by atoms with Crippen LogP contribution in [-0.2, 0) is 9.53 Å². The molecular formula is C18H34ClNO3. The number of carbonyl (C=O) groups is 1. The van der Waals surface area contributed by atoms with Gasteiger partial charge in [-0.05, 0) is 43.4 Å². The van der Waals surface area contributed by atoms with E-state index in [2.05, 4.69) is 27.8 Å². The Labute approximate surface area is 147 Å². The van der Waals surface area contributed by atoms with Gasteiger partial charge < -0.3 is 26.7 Å². The summed E-state index contributed by atoms with van der Waals surface area (Å²) in [7, 11) is 2.06. The van der Waals surface area contributed by atoms with Gasteiger partial charge in [0.25, 0.3) is 0 Å². The summed E-state index contributed by atoms with van der Waals surface area (Å²) >= 11 is 0. The molecule has 136 valence electrons. The molecule has 1 N–H and O–H groups in total. The molecule has 4 nitrogen and oxygen atoms in total. The molecule has 5 heteroatoms. The van der Waals surface area contributed by atoms with Crippen molar-refractivity contribution in [1.82, 2.24) is 0 Å². The summed E-state index contributed by atoms with van der Waals surface area (Å²) in [5, 5.41) is 9.86. The minimum Gasteiger partial charge on any atom is -1.00 e. The van der Waals surface area contributed by atoms with Crippen LogP contribution in [0.2, 0.25) is 0 Å². The number of ether oxygens (including phenoxy) is 1. The molecule has 5 atom stereocenters. The number of carbonyl (C=O) groups excluding carboxylic acids is 1. The predicted octanol–water partition coefficient (Wildman–Crippen LogP) is -0.404. The molecule has 0 aromatic carbocycles. The summed E-state index contributed by atoms with van der Waals surface area (Å²) in [6, 6.07) is 0. The zero-order valence-electron chi connectivity index (χ0n) is 15.1. The van der Waals surface area contributed by atoms with Crippen LogP contribution >= 0.6 is 0 Å². The molecule has 2 rings (SSSR count). The zero-order valence-corrected chi connectivity index (χ0v) is 15.9. The van der Waals surface area contributed by atoms with Crippen molar-refractivity contribution in [2.75, 3.05) is 26.7 Å². The van der Waals surface area contributed by atoms with E-state index in [4.69, 9.17) is 4.74 Å². The highest BCUT2D eigenvalue weighted by molar-refractivity contribution is 5.70. The number of esters is 1. The summed E-state index contributed by atoms with van der Waals surface area (Å²) in [6.07, 6.45) is 5.07. The molecule has 0 spiro atoms. The number of aliphatic hydroxyl groups excluding tert-OH is 1. The number of aliphatic hydroxyl groups is 1. The monoisotopic (exact) mass is 347 g/mol. The lowest BCUT2D eigenvalue weighted by molar-refractivity contribution is -0.910. The van der Waals surface area contributed by atoms with Gasteiger partial charge in [0.1, 0.15) is 18.8 Å². The Morgan fingerprint density at radius 3 is 2.61 bits per heavy atom. The number of hydrogen-bond acceptors (Lipinski definition) is 3. The van der Waals surface area contributed by atoms with Crippen molar-refractivity contribution in [2.24, 2.45) is 17.8 Å². The molecule has 0 bridgehead atoms. The Balaban J connectivity index is 0.00000264. The molecular weight excluding hydrogens is 314 g/mol. The van der Waals surface area contributed by atoms with E-state index in [0.717, 1.165) is 25.8 Å². The van der Waals surface area contributed by atoms with Gasteiger partial charge in [-0.3, -0.25) is 0 Å². The maximum atomic E-state index is 12.4. The van der Waals surface area contributed by atoms with Crippen LogP contribution in [0.3, 0.4) is 0 Å².